The van der Waals surface area contributed by atoms with E-state index in [2.05, 4.69) is 10.2 Å². The number of H-pyrrole nitrogens is 1. The van der Waals surface area contributed by atoms with Crippen molar-refractivity contribution in [3.05, 3.63) is 12.4 Å². The number of hydrogen-bond donors (Lipinski definition) is 0. The van der Waals surface area contributed by atoms with Gasteiger partial charge in [-0.2, -0.15) is 5.10 Å². The molecule has 7 heavy (non-hydrogen) atoms. The fourth-order valence-electron chi connectivity index (χ4n) is 0.439. The average Bonchev–Trinajstić information content (AvgIpc) is 2.14. The van der Waals surface area contributed by atoms with Gasteiger partial charge in [0.1, 0.15) is 0 Å². The van der Waals surface area contributed by atoms with Crippen LogP contribution in [-0.2, 0) is 6.54 Å². The molecule has 0 bridgehead atoms. The van der Waals surface area contributed by atoms with Crippen LogP contribution in [0.3, 0.4) is 0 Å². The van der Waals surface area contributed by atoms with E-state index in [0.29, 0.717) is 0 Å². The number of nitrogens with zero attached hydrogens (tertiary/aromatic N) is 2. The van der Waals surface area contributed by atoms with Crippen LogP contribution in [0.1, 0.15) is 6.92 Å². The normalized spacial score (nSPS) is 9.29. The second-order valence-electron chi connectivity index (χ2n) is 1.28. The van der Waals surface area contributed by atoms with Gasteiger partial charge in [-0.15, -0.1) is 0 Å². The average molecular weight is 98.1 g/mol. The Bertz CT molecular complexity index is 121. The molecule has 0 saturated carbocycles. The van der Waals surface area contributed by atoms with Crippen LogP contribution >= 0.6 is 0 Å². The lowest BCUT2D eigenvalue weighted by Gasteiger charge is -1.76. The van der Waals surface area contributed by atoms with E-state index in [1.807, 2.05) is 6.92 Å². The minimum atomic E-state index is 0.910. The van der Waals surface area contributed by atoms with Crippen LogP contribution < -0.4 is 5.10 Å². The van der Waals surface area contributed by atoms with Gasteiger partial charge in [-0.25, -0.2) is 0 Å². The third-order valence-electron chi connectivity index (χ3n) is 0.804. The second-order valence-corrected chi connectivity index (χ2v) is 1.28. The first-order valence-electron chi connectivity index (χ1n) is 2.33. The summed E-state index contributed by atoms with van der Waals surface area (Å²) in [5, 5.41) is 6.79. The Labute approximate surface area is 42.0 Å². The predicted octanol–water partition coefficient (Wildman–Crippen LogP) is -0.283. The third-order valence-corrected chi connectivity index (χ3v) is 0.804. The molecule has 0 aliphatic rings. The minimum Gasteiger partial charge on any atom is -0.174 e. The van der Waals surface area contributed by atoms with Gasteiger partial charge >= 0.3 is 0 Å². The van der Waals surface area contributed by atoms with Crippen LogP contribution in [0.5, 0.6) is 0 Å². The van der Waals surface area contributed by atoms with Crippen molar-refractivity contribution in [2.75, 3.05) is 0 Å². The molecule has 1 aromatic rings. The summed E-state index contributed by atoms with van der Waals surface area (Å²) < 4.78 is 0. The van der Waals surface area contributed by atoms with Gasteiger partial charge in [0.15, 0.2) is 6.20 Å². The van der Waals surface area contributed by atoms with Crippen LogP contribution in [0.25, 0.3) is 0 Å². The summed E-state index contributed by atoms with van der Waals surface area (Å²) in [7, 11) is 0. The molecule has 0 fully saturated rings. The van der Waals surface area contributed by atoms with Crippen LogP contribution in [0.15, 0.2) is 12.4 Å². The third kappa shape index (κ3) is 0.765. The molecule has 0 unspecified atom stereocenters. The molecule has 38 valence electrons. The molecular formula is C4H8N3+. The fraction of sp³-hybridized carbons (Fsp3) is 0.500. The fourth-order valence-corrected chi connectivity index (χ4v) is 0.439. The highest BCUT2D eigenvalue weighted by Gasteiger charge is 1.88. The van der Waals surface area contributed by atoms with Crippen molar-refractivity contribution in [3.8, 4) is 0 Å². The lowest BCUT2D eigenvalue weighted by atomic mass is 10.8. The Kier molecular flexibility index (Phi) is 1.06. The highest BCUT2D eigenvalue weighted by molar-refractivity contribution is 4.48. The molecule has 1 aromatic heterocycles. The quantitative estimate of drug-likeness (QED) is 0.475. The van der Waals surface area contributed by atoms with Crippen molar-refractivity contribution in [2.24, 2.45) is 0 Å². The van der Waals surface area contributed by atoms with Crippen molar-refractivity contribution in [3.63, 3.8) is 0 Å². The largest absolute Gasteiger partial charge is 0.206 e. The number of hydrogen-bond acceptors (Lipinski definition) is 1. The molecule has 3 nitrogen and oxygen atoms in total. The maximum Gasteiger partial charge on any atom is 0.206 e. The highest BCUT2D eigenvalue weighted by Crippen LogP contribution is 1.66. The highest BCUT2D eigenvalue weighted by atomic mass is 15.5. The van der Waals surface area contributed by atoms with Gasteiger partial charge in [-0.3, -0.25) is 0 Å². The van der Waals surface area contributed by atoms with Crippen molar-refractivity contribution < 1.29 is 5.10 Å². The molecule has 0 aliphatic carbocycles. The van der Waals surface area contributed by atoms with E-state index in [4.69, 9.17) is 0 Å². The standard InChI is InChI=1S/C4H7N3/c1-2-7-5-3-4-6-7/h3-4H,2H2,1H3/p+1. The lowest BCUT2D eigenvalue weighted by molar-refractivity contribution is -0.496. The molecule has 1 heterocycles. The molecule has 0 amide bonds. The zero-order valence-electron chi connectivity index (χ0n) is 4.26. The van der Waals surface area contributed by atoms with Gasteiger partial charge in [0.2, 0.25) is 6.20 Å². The summed E-state index contributed by atoms with van der Waals surface area (Å²) in [5.74, 6) is 0. The Balaban J connectivity index is 2.76. The SMILES string of the molecule is CCn1ncc[nH+]1. The van der Waals surface area contributed by atoms with Crippen LogP contribution in [0, 0.1) is 0 Å². The van der Waals surface area contributed by atoms with Gasteiger partial charge in [0, 0.05) is 5.10 Å². The van der Waals surface area contributed by atoms with Gasteiger partial charge in [-0.1, -0.05) is 0 Å². The Morgan fingerprint density at radius 3 is 3.00 bits per heavy atom. The van der Waals surface area contributed by atoms with E-state index in [-0.39, 0.29) is 0 Å². The number of aromatic nitrogens is 3. The predicted molar refractivity (Wildman–Crippen MR) is 24.5 cm³/mol. The van der Waals surface area contributed by atoms with Crippen LogP contribution in [0.4, 0.5) is 0 Å². The van der Waals surface area contributed by atoms with Crippen molar-refractivity contribution in [2.45, 2.75) is 13.5 Å². The summed E-state index contributed by atoms with van der Waals surface area (Å²) in [5.41, 5.74) is 0. The first kappa shape index (κ1) is 4.30. The summed E-state index contributed by atoms with van der Waals surface area (Å²) in [6.45, 7) is 2.94. The van der Waals surface area contributed by atoms with E-state index in [9.17, 15) is 0 Å². The van der Waals surface area contributed by atoms with E-state index < -0.39 is 0 Å². The number of rotatable bonds is 1. The molecule has 0 spiro atoms. The van der Waals surface area contributed by atoms with Crippen molar-refractivity contribution >= 4 is 0 Å². The van der Waals surface area contributed by atoms with Crippen LogP contribution in [-0.4, -0.2) is 9.90 Å². The monoisotopic (exact) mass is 98.1 g/mol. The van der Waals surface area contributed by atoms with E-state index >= 15 is 0 Å². The second kappa shape index (κ2) is 1.73. The Morgan fingerprint density at radius 2 is 2.71 bits per heavy atom. The van der Waals surface area contributed by atoms with Gasteiger partial charge in [0.25, 0.3) is 0 Å². The summed E-state index contributed by atoms with van der Waals surface area (Å²) >= 11 is 0. The lowest BCUT2D eigenvalue weighted by Crippen LogP contribution is -2.16. The topological polar surface area (TPSA) is 32.0 Å². The van der Waals surface area contributed by atoms with Gasteiger partial charge < -0.3 is 0 Å². The maximum atomic E-state index is 3.90. The zero-order valence-corrected chi connectivity index (χ0v) is 4.26. The Morgan fingerprint density at radius 1 is 1.86 bits per heavy atom. The molecule has 0 saturated heterocycles. The number of nitrogens with one attached hydrogen (secondary N) is 1. The molecule has 0 aliphatic heterocycles. The minimum absolute atomic E-state index is 0.910. The van der Waals surface area contributed by atoms with Gasteiger partial charge in [0.05, 0.1) is 6.54 Å². The first-order valence-corrected chi connectivity index (χ1v) is 2.33. The molecular weight excluding hydrogens is 90.1 g/mol. The first-order chi connectivity index (χ1) is 3.43. The molecule has 1 rings (SSSR count). The van der Waals surface area contributed by atoms with E-state index in [0.717, 1.165) is 6.54 Å². The summed E-state index contributed by atoms with van der Waals surface area (Å²) in [6, 6.07) is 0. The van der Waals surface area contributed by atoms with Crippen LogP contribution in [0.2, 0.25) is 0 Å². The van der Waals surface area contributed by atoms with Crippen molar-refractivity contribution in [1.82, 2.24) is 9.90 Å². The molecule has 0 radical (unpaired) electrons. The maximum absolute atomic E-state index is 3.90. The smallest absolute Gasteiger partial charge is 0.174 e. The summed E-state index contributed by atoms with van der Waals surface area (Å²) in [6.07, 6.45) is 3.52. The van der Waals surface area contributed by atoms with Crippen molar-refractivity contribution in [1.29, 1.82) is 0 Å². The molecule has 1 N–H and O–H groups in total. The van der Waals surface area contributed by atoms with E-state index in [1.54, 1.807) is 17.2 Å². The summed E-state index contributed by atoms with van der Waals surface area (Å²) in [4.78, 5) is 1.75. The number of aromatic amines is 1. The zero-order chi connectivity index (χ0) is 5.11. The van der Waals surface area contributed by atoms with E-state index in [1.165, 1.54) is 0 Å². The number of aryl methyl sites for hydroxylation is 1. The Hall–Kier alpha value is -0.860. The molecule has 0 aromatic carbocycles. The van der Waals surface area contributed by atoms with Gasteiger partial charge in [-0.05, 0) is 11.7 Å². The molecule has 0 atom stereocenters. The molecule has 3 heteroatoms.